The predicted octanol–water partition coefficient (Wildman–Crippen LogP) is 4.23. The Hall–Kier alpha value is -3.52. The molecule has 0 bridgehead atoms. The van der Waals surface area contributed by atoms with Gasteiger partial charge < -0.3 is 58.6 Å². The topological polar surface area (TPSA) is 163 Å². The molecule has 0 amide bonds. The van der Waals surface area contributed by atoms with Crippen molar-refractivity contribution in [1.29, 1.82) is 5.26 Å². The second-order valence-electron chi connectivity index (χ2n) is 11.5. The van der Waals surface area contributed by atoms with Crippen LogP contribution >= 0.6 is 0 Å². The number of oxime groups is 1. The van der Waals surface area contributed by atoms with Crippen LogP contribution in [0.15, 0.2) is 53.7 Å². The highest BCUT2D eigenvalue weighted by atomic mass is 16.7. The van der Waals surface area contributed by atoms with E-state index >= 15 is 0 Å². The van der Waals surface area contributed by atoms with Crippen LogP contribution in [0, 0.1) is 11.3 Å². The third-order valence-corrected chi connectivity index (χ3v) is 8.27. The first-order chi connectivity index (χ1) is 24.3. The highest BCUT2D eigenvalue weighted by molar-refractivity contribution is 5.85. The molecule has 14 heteroatoms. The zero-order valence-corrected chi connectivity index (χ0v) is 30.2. The molecule has 3 N–H and O–H groups in total. The SMILES string of the molecule is CCOC(C)OC(/C(N)=N/O)C(OC)c1ccc(N2CCOCC2)cc1.CCOC(C)OC(C#N)C(OC)c1ccc(N2CCOCC2)cc1. The first-order valence-corrected chi connectivity index (χ1v) is 17.1. The maximum absolute atomic E-state index is 9.43. The summed E-state index contributed by atoms with van der Waals surface area (Å²) in [5.41, 5.74) is 9.88. The van der Waals surface area contributed by atoms with E-state index in [1.807, 2.05) is 62.4 Å². The van der Waals surface area contributed by atoms with Crippen LogP contribution in [-0.2, 0) is 37.9 Å². The Bertz CT molecular complexity index is 1280. The minimum atomic E-state index is -0.777. The van der Waals surface area contributed by atoms with Crippen molar-refractivity contribution in [2.45, 2.75) is 64.7 Å². The molecule has 0 aliphatic carbocycles. The van der Waals surface area contributed by atoms with Crippen molar-refractivity contribution in [2.24, 2.45) is 10.9 Å². The van der Waals surface area contributed by atoms with Gasteiger partial charge in [0.1, 0.15) is 12.2 Å². The van der Waals surface area contributed by atoms with Crippen LogP contribution in [0.4, 0.5) is 11.4 Å². The molecule has 2 aromatic rings. The van der Waals surface area contributed by atoms with Gasteiger partial charge in [-0.05, 0) is 63.1 Å². The van der Waals surface area contributed by atoms with E-state index in [0.29, 0.717) is 13.2 Å². The van der Waals surface area contributed by atoms with Gasteiger partial charge in [-0.1, -0.05) is 29.4 Å². The lowest BCUT2D eigenvalue weighted by Gasteiger charge is -2.30. The summed E-state index contributed by atoms with van der Waals surface area (Å²) in [7, 11) is 3.15. The van der Waals surface area contributed by atoms with Gasteiger partial charge in [-0.2, -0.15) is 5.26 Å². The van der Waals surface area contributed by atoms with Gasteiger partial charge in [0.2, 0.25) is 0 Å². The van der Waals surface area contributed by atoms with Crippen LogP contribution < -0.4 is 15.5 Å². The average molecular weight is 702 g/mol. The number of benzene rings is 2. The highest BCUT2D eigenvalue weighted by Crippen LogP contribution is 2.28. The van der Waals surface area contributed by atoms with Crippen molar-refractivity contribution in [1.82, 2.24) is 0 Å². The van der Waals surface area contributed by atoms with Gasteiger partial charge in [0.15, 0.2) is 30.6 Å². The average Bonchev–Trinajstić information content (AvgIpc) is 3.16. The number of morpholine rings is 2. The number of nitrogens with two attached hydrogens (primary N) is 1. The molecule has 4 rings (SSSR count). The zero-order chi connectivity index (χ0) is 36.3. The summed E-state index contributed by atoms with van der Waals surface area (Å²) in [6.07, 6.45) is -3.48. The van der Waals surface area contributed by atoms with Crippen LogP contribution in [0.5, 0.6) is 0 Å². The first kappa shape index (κ1) is 40.9. The lowest BCUT2D eigenvalue weighted by Crippen LogP contribution is -2.40. The van der Waals surface area contributed by atoms with E-state index in [-0.39, 0.29) is 5.84 Å². The molecule has 2 aliphatic rings. The largest absolute Gasteiger partial charge is 0.409 e. The second kappa shape index (κ2) is 22.3. The molecular formula is C36H55N5O9. The fourth-order valence-electron chi connectivity index (χ4n) is 5.75. The number of hydrogen-bond donors (Lipinski definition) is 2. The number of amidine groups is 1. The van der Waals surface area contributed by atoms with E-state index in [2.05, 4.69) is 21.0 Å². The summed E-state index contributed by atoms with van der Waals surface area (Å²) >= 11 is 0. The Morgan fingerprint density at radius 1 is 0.780 bits per heavy atom. The summed E-state index contributed by atoms with van der Waals surface area (Å²) < 4.78 is 44.1. The monoisotopic (exact) mass is 701 g/mol. The number of anilines is 2. The third kappa shape index (κ3) is 12.4. The van der Waals surface area contributed by atoms with Crippen molar-refractivity contribution in [3.8, 4) is 6.07 Å². The fraction of sp³-hybridized carbons (Fsp3) is 0.611. The van der Waals surface area contributed by atoms with Crippen LogP contribution in [0.2, 0.25) is 0 Å². The van der Waals surface area contributed by atoms with Gasteiger partial charge in [0.05, 0.1) is 32.5 Å². The summed E-state index contributed by atoms with van der Waals surface area (Å²) in [5, 5.41) is 21.7. The number of methoxy groups -OCH3 is 2. The van der Waals surface area contributed by atoms with Gasteiger partial charge in [0.25, 0.3) is 0 Å². The van der Waals surface area contributed by atoms with E-state index in [0.717, 1.165) is 75.1 Å². The van der Waals surface area contributed by atoms with E-state index in [1.165, 1.54) is 0 Å². The van der Waals surface area contributed by atoms with Gasteiger partial charge in [-0.25, -0.2) is 0 Å². The molecule has 2 aliphatic heterocycles. The molecular weight excluding hydrogens is 646 g/mol. The maximum Gasteiger partial charge on any atom is 0.177 e. The van der Waals surface area contributed by atoms with Crippen LogP contribution in [0.25, 0.3) is 0 Å². The van der Waals surface area contributed by atoms with Crippen molar-refractivity contribution >= 4 is 17.2 Å². The molecule has 2 saturated heterocycles. The van der Waals surface area contributed by atoms with Crippen LogP contribution in [-0.4, -0.2) is 116 Å². The van der Waals surface area contributed by atoms with Crippen LogP contribution in [0.1, 0.15) is 51.0 Å². The molecule has 14 nitrogen and oxygen atoms in total. The van der Waals surface area contributed by atoms with Gasteiger partial charge in [-0.3, -0.25) is 0 Å². The number of hydrogen-bond acceptors (Lipinski definition) is 13. The Labute approximate surface area is 296 Å². The summed E-state index contributed by atoms with van der Waals surface area (Å²) in [5.74, 6) is -0.0688. The Morgan fingerprint density at radius 3 is 1.58 bits per heavy atom. The lowest BCUT2D eigenvalue weighted by atomic mass is 10.0. The number of nitrogens with zero attached hydrogens (tertiary/aromatic N) is 4. The smallest absolute Gasteiger partial charge is 0.177 e. The lowest BCUT2D eigenvalue weighted by molar-refractivity contribution is -0.169. The number of rotatable bonds is 17. The molecule has 50 heavy (non-hydrogen) atoms. The zero-order valence-electron chi connectivity index (χ0n) is 30.2. The molecule has 0 radical (unpaired) electrons. The van der Waals surface area contributed by atoms with Gasteiger partial charge in [0, 0.05) is 65.0 Å². The van der Waals surface area contributed by atoms with Crippen molar-refractivity contribution < 1.29 is 43.1 Å². The Kier molecular flexibility index (Phi) is 18.3. The normalized spacial score (nSPS) is 18.9. The summed E-state index contributed by atoms with van der Waals surface area (Å²) in [6.45, 7) is 14.8. The minimum Gasteiger partial charge on any atom is -0.409 e. The molecule has 0 saturated carbocycles. The van der Waals surface area contributed by atoms with E-state index in [1.54, 1.807) is 28.1 Å². The van der Waals surface area contributed by atoms with Crippen molar-refractivity contribution in [3.63, 3.8) is 0 Å². The van der Waals surface area contributed by atoms with Crippen molar-refractivity contribution in [2.75, 3.05) is 89.8 Å². The molecule has 6 atom stereocenters. The number of ether oxygens (including phenoxy) is 8. The number of nitriles is 1. The highest BCUT2D eigenvalue weighted by Gasteiger charge is 2.30. The molecule has 0 spiro atoms. The molecule has 2 aromatic carbocycles. The van der Waals surface area contributed by atoms with Gasteiger partial charge >= 0.3 is 0 Å². The Balaban J connectivity index is 0.000000271. The molecule has 6 unspecified atom stereocenters. The summed E-state index contributed by atoms with van der Waals surface area (Å²) in [6, 6.07) is 18.2. The second-order valence-corrected chi connectivity index (χ2v) is 11.5. The van der Waals surface area contributed by atoms with Crippen molar-refractivity contribution in [3.05, 3.63) is 59.7 Å². The molecule has 278 valence electrons. The fourth-order valence-corrected chi connectivity index (χ4v) is 5.75. The minimum absolute atomic E-state index is 0.0688. The van der Waals surface area contributed by atoms with Gasteiger partial charge in [-0.15, -0.1) is 0 Å². The Morgan fingerprint density at radius 2 is 1.20 bits per heavy atom. The third-order valence-electron chi connectivity index (χ3n) is 8.27. The van der Waals surface area contributed by atoms with Crippen LogP contribution in [0.3, 0.4) is 0 Å². The van der Waals surface area contributed by atoms with E-state index < -0.39 is 37.0 Å². The quantitative estimate of drug-likeness (QED) is 0.0793. The molecule has 2 fully saturated rings. The van der Waals surface area contributed by atoms with E-state index in [9.17, 15) is 5.26 Å². The predicted molar refractivity (Wildman–Crippen MR) is 189 cm³/mol. The standard InChI is InChI=1S/C18H29N3O5.C18H26N2O4/c1-4-25-13(2)26-17(18(19)20-22)16(23-3)14-5-7-15(8-6-14)21-9-11-24-12-10-21;1-4-23-14(2)24-17(13-19)18(21-3)15-5-7-16(8-6-15)20-9-11-22-12-10-20/h5-8,13,16-17,22H,4,9-12H2,1-3H3,(H2,19,20);5-8,14,17-18H,4,9-12H2,1-3H3. The summed E-state index contributed by atoms with van der Waals surface area (Å²) in [4.78, 5) is 4.55. The first-order valence-electron chi connectivity index (χ1n) is 17.1. The molecule has 2 heterocycles. The molecule has 0 aromatic heterocycles. The maximum atomic E-state index is 9.43. The van der Waals surface area contributed by atoms with E-state index in [4.69, 9.17) is 48.8 Å².